The highest BCUT2D eigenvalue weighted by Crippen LogP contribution is 2.36. The van der Waals surface area contributed by atoms with Crippen molar-refractivity contribution >= 4 is 17.7 Å². The van der Waals surface area contributed by atoms with E-state index in [0.29, 0.717) is 12.4 Å². The van der Waals surface area contributed by atoms with Gasteiger partial charge in [-0.2, -0.15) is 13.2 Å². The van der Waals surface area contributed by atoms with Crippen LogP contribution in [0.25, 0.3) is 5.69 Å². The van der Waals surface area contributed by atoms with E-state index >= 15 is 0 Å². The summed E-state index contributed by atoms with van der Waals surface area (Å²) in [5.74, 6) is -0.0607. The Balaban J connectivity index is 2.04. The van der Waals surface area contributed by atoms with Gasteiger partial charge in [0.1, 0.15) is 5.25 Å². The number of esters is 1. The van der Waals surface area contributed by atoms with E-state index in [1.54, 1.807) is 13.0 Å². The largest absolute Gasteiger partial charge is 0.468 e. The number of carbonyl (C=O) groups excluding carboxylic acids is 1. The van der Waals surface area contributed by atoms with Gasteiger partial charge in [-0.15, -0.1) is 10.2 Å². The number of hydrogen-bond donors (Lipinski definition) is 0. The van der Waals surface area contributed by atoms with Gasteiger partial charge in [-0.1, -0.05) is 30.3 Å². The second-order valence-electron chi connectivity index (χ2n) is 6.87. The third kappa shape index (κ3) is 5.11. The number of alkyl halides is 3. The van der Waals surface area contributed by atoms with Crippen LogP contribution in [0.1, 0.15) is 37.6 Å². The summed E-state index contributed by atoms with van der Waals surface area (Å²) < 4.78 is 47.1. The van der Waals surface area contributed by atoms with E-state index < -0.39 is 23.0 Å². The van der Waals surface area contributed by atoms with Gasteiger partial charge >= 0.3 is 12.1 Å². The van der Waals surface area contributed by atoms with Gasteiger partial charge in [0.15, 0.2) is 11.0 Å². The van der Waals surface area contributed by atoms with Gasteiger partial charge in [0.2, 0.25) is 0 Å². The molecule has 6 nitrogen and oxygen atoms in total. The molecule has 29 heavy (non-hydrogen) atoms. The molecule has 1 aromatic heterocycles. The van der Waals surface area contributed by atoms with Crippen LogP contribution >= 0.6 is 11.8 Å². The molecule has 1 aliphatic rings. The summed E-state index contributed by atoms with van der Waals surface area (Å²) in [7, 11) is 1.27. The molecular weight excluding hydrogens is 405 g/mol. The predicted octanol–water partition coefficient (Wildman–Crippen LogP) is 3.93. The average Bonchev–Trinajstić information content (AvgIpc) is 3.09. The van der Waals surface area contributed by atoms with Crippen molar-refractivity contribution in [2.45, 2.75) is 49.3 Å². The van der Waals surface area contributed by atoms with Crippen molar-refractivity contribution in [3.05, 3.63) is 35.7 Å². The maximum atomic E-state index is 13.7. The second kappa shape index (κ2) is 9.17. The van der Waals surface area contributed by atoms with Gasteiger partial charge in [-0.05, 0) is 45.0 Å². The first-order chi connectivity index (χ1) is 13.8. The second-order valence-corrected chi connectivity index (χ2v) is 8.18. The maximum absolute atomic E-state index is 13.7. The van der Waals surface area contributed by atoms with Crippen molar-refractivity contribution in [3.63, 3.8) is 0 Å². The smallest absolute Gasteiger partial charge is 0.418 e. The molecule has 2 aromatic rings. The lowest BCUT2D eigenvalue weighted by Crippen LogP contribution is -2.30. The fraction of sp³-hybridized carbons (Fsp3) is 0.526. The summed E-state index contributed by atoms with van der Waals surface area (Å²) in [6, 6.07) is 5.34. The molecule has 0 radical (unpaired) electrons. The number of rotatable bonds is 6. The molecule has 1 atom stereocenters. The molecule has 1 saturated heterocycles. The Morgan fingerprint density at radius 2 is 1.90 bits per heavy atom. The Kier molecular flexibility index (Phi) is 6.84. The number of hydrogen-bond acceptors (Lipinski definition) is 6. The molecule has 0 aliphatic carbocycles. The first-order valence-electron chi connectivity index (χ1n) is 9.39. The van der Waals surface area contributed by atoms with Crippen LogP contribution in [0.4, 0.5) is 13.2 Å². The van der Waals surface area contributed by atoms with E-state index in [-0.39, 0.29) is 10.8 Å². The van der Waals surface area contributed by atoms with Crippen molar-refractivity contribution in [1.29, 1.82) is 0 Å². The summed E-state index contributed by atoms with van der Waals surface area (Å²) in [4.78, 5) is 14.0. The van der Waals surface area contributed by atoms with Crippen LogP contribution in [0.5, 0.6) is 0 Å². The Hall–Kier alpha value is -2.07. The SMILES string of the molecule is COC(=O)C(C)Sc1nnc(CN2CCCCC2)n1-c1ccccc1C(F)(F)F. The average molecular weight is 428 g/mol. The lowest BCUT2D eigenvalue weighted by atomic mass is 10.1. The zero-order chi connectivity index (χ0) is 21.0. The number of halogens is 3. The number of nitrogens with zero attached hydrogens (tertiary/aromatic N) is 4. The minimum absolute atomic E-state index is 0.0448. The first-order valence-corrected chi connectivity index (χ1v) is 10.3. The van der Waals surface area contributed by atoms with Gasteiger partial charge in [-0.3, -0.25) is 14.3 Å². The molecule has 2 heterocycles. The molecule has 3 rings (SSSR count). The van der Waals surface area contributed by atoms with Crippen LogP contribution in [-0.2, 0) is 22.3 Å². The number of benzene rings is 1. The lowest BCUT2D eigenvalue weighted by Gasteiger charge is -2.26. The van der Waals surface area contributed by atoms with Crippen molar-refractivity contribution in [3.8, 4) is 5.69 Å². The summed E-state index contributed by atoms with van der Waals surface area (Å²) in [6.07, 6.45) is -1.28. The molecule has 0 bridgehead atoms. The standard InChI is InChI=1S/C19H23F3N4O2S/c1-13(17(27)28-2)29-18-24-23-16(12-25-10-6-3-7-11-25)26(18)15-9-5-4-8-14(15)19(20,21)22/h4-5,8-9,13H,3,6-7,10-12H2,1-2H3. The molecule has 1 aliphatic heterocycles. The summed E-state index contributed by atoms with van der Waals surface area (Å²) >= 11 is 1.03. The van der Waals surface area contributed by atoms with Gasteiger partial charge in [0.05, 0.1) is 24.9 Å². The van der Waals surface area contributed by atoms with E-state index in [9.17, 15) is 18.0 Å². The van der Waals surface area contributed by atoms with Crippen LogP contribution in [0.2, 0.25) is 0 Å². The number of piperidine rings is 1. The Labute approximate surface area is 171 Å². The normalized spacial score (nSPS) is 16.6. The Morgan fingerprint density at radius 3 is 2.55 bits per heavy atom. The van der Waals surface area contributed by atoms with Crippen molar-refractivity contribution in [2.75, 3.05) is 20.2 Å². The van der Waals surface area contributed by atoms with Crippen LogP contribution in [0.3, 0.4) is 0 Å². The molecule has 0 N–H and O–H groups in total. The molecule has 1 aromatic carbocycles. The number of thioether (sulfide) groups is 1. The molecule has 158 valence electrons. The zero-order valence-corrected chi connectivity index (χ0v) is 17.1. The van der Waals surface area contributed by atoms with Crippen molar-refractivity contribution < 1.29 is 22.7 Å². The van der Waals surface area contributed by atoms with Crippen LogP contribution in [-0.4, -0.2) is 51.1 Å². The quantitative estimate of drug-likeness (QED) is 0.513. The van der Waals surface area contributed by atoms with E-state index in [2.05, 4.69) is 15.1 Å². The summed E-state index contributed by atoms with van der Waals surface area (Å²) in [5.41, 5.74) is -0.816. The lowest BCUT2D eigenvalue weighted by molar-refractivity contribution is -0.139. The summed E-state index contributed by atoms with van der Waals surface area (Å²) in [5, 5.41) is 7.88. The van der Waals surface area contributed by atoms with Crippen LogP contribution in [0, 0.1) is 0 Å². The molecule has 1 unspecified atom stereocenters. The van der Waals surface area contributed by atoms with Crippen LogP contribution in [0.15, 0.2) is 29.4 Å². The molecule has 0 spiro atoms. The van der Waals surface area contributed by atoms with E-state index in [0.717, 1.165) is 50.2 Å². The molecule has 0 saturated carbocycles. The minimum Gasteiger partial charge on any atom is -0.468 e. The van der Waals surface area contributed by atoms with Gasteiger partial charge in [-0.25, -0.2) is 0 Å². The van der Waals surface area contributed by atoms with E-state index in [1.165, 1.54) is 23.8 Å². The molecule has 10 heteroatoms. The number of para-hydroxylation sites is 1. The van der Waals surface area contributed by atoms with Crippen molar-refractivity contribution in [1.82, 2.24) is 19.7 Å². The third-order valence-corrected chi connectivity index (χ3v) is 5.80. The van der Waals surface area contributed by atoms with Crippen molar-refractivity contribution in [2.24, 2.45) is 0 Å². The van der Waals surface area contributed by atoms with Gasteiger partial charge < -0.3 is 4.74 Å². The number of carbonyl (C=O) groups is 1. The molecule has 0 amide bonds. The maximum Gasteiger partial charge on any atom is 0.418 e. The van der Waals surface area contributed by atoms with E-state index in [4.69, 9.17) is 4.74 Å². The van der Waals surface area contributed by atoms with Gasteiger partial charge in [0, 0.05) is 0 Å². The highest BCUT2D eigenvalue weighted by molar-refractivity contribution is 8.00. The van der Waals surface area contributed by atoms with Crippen LogP contribution < -0.4 is 0 Å². The predicted molar refractivity (Wildman–Crippen MR) is 103 cm³/mol. The number of aromatic nitrogens is 3. The highest BCUT2D eigenvalue weighted by Gasteiger charge is 2.35. The van der Waals surface area contributed by atoms with E-state index in [1.807, 2.05) is 0 Å². The molecule has 1 fully saturated rings. The first kappa shape index (κ1) is 21.6. The Morgan fingerprint density at radius 1 is 1.21 bits per heavy atom. The number of methoxy groups -OCH3 is 1. The molecular formula is C19H23F3N4O2S. The fourth-order valence-electron chi connectivity index (χ4n) is 3.32. The van der Waals surface area contributed by atoms with Gasteiger partial charge in [0.25, 0.3) is 0 Å². The Bertz CT molecular complexity index is 850. The highest BCUT2D eigenvalue weighted by atomic mass is 32.2. The zero-order valence-electron chi connectivity index (χ0n) is 16.3. The fourth-order valence-corrected chi connectivity index (χ4v) is 4.22. The minimum atomic E-state index is -4.53. The number of ether oxygens (including phenoxy) is 1. The third-order valence-electron chi connectivity index (χ3n) is 4.78. The number of likely N-dealkylation sites (tertiary alicyclic amines) is 1. The topological polar surface area (TPSA) is 60.2 Å². The monoisotopic (exact) mass is 428 g/mol. The summed E-state index contributed by atoms with van der Waals surface area (Å²) in [6.45, 7) is 3.76.